The van der Waals surface area contributed by atoms with E-state index in [4.69, 9.17) is 5.11 Å². The number of aromatic nitrogens is 1. The van der Waals surface area contributed by atoms with Gasteiger partial charge in [-0.25, -0.2) is 4.98 Å². The summed E-state index contributed by atoms with van der Waals surface area (Å²) in [6.45, 7) is 0. The van der Waals surface area contributed by atoms with Crippen LogP contribution < -0.4 is 0 Å². The number of rotatable bonds is 1. The Morgan fingerprint density at radius 2 is 2.18 bits per heavy atom. The molecule has 0 aliphatic heterocycles. The van der Waals surface area contributed by atoms with Crippen molar-refractivity contribution in [3.63, 3.8) is 0 Å². The fourth-order valence-corrected chi connectivity index (χ4v) is 0.522. The van der Waals surface area contributed by atoms with Gasteiger partial charge in [0.05, 0.1) is 6.20 Å². The number of hydrogen-bond acceptors (Lipinski definition) is 3. The second kappa shape index (κ2) is 2.54. The van der Waals surface area contributed by atoms with Crippen LogP contribution in [-0.4, -0.2) is 16.3 Å². The van der Waals surface area contributed by atoms with Crippen LogP contribution in [0.3, 0.4) is 0 Å². The van der Waals surface area contributed by atoms with Crippen molar-refractivity contribution in [2.45, 2.75) is 12.3 Å². The Kier molecular flexibility index (Phi) is 1.86. The molecular weight excluding hydrogens is 163 g/mol. The first-order valence-corrected chi connectivity index (χ1v) is 2.65. The highest BCUT2D eigenvalue weighted by Gasteiger charge is 2.41. The van der Waals surface area contributed by atoms with Crippen molar-refractivity contribution in [3.8, 4) is 0 Å². The van der Waals surface area contributed by atoms with Gasteiger partial charge in [0.15, 0.2) is 12.2 Å². The smallest absolute Gasteiger partial charge is 0.421 e. The lowest BCUT2D eigenvalue weighted by atomic mass is 10.3. The molecule has 0 saturated carbocycles. The average molecular weight is 167 g/mol. The molecule has 1 unspecified atom stereocenters. The number of nitrogens with zero attached hydrogens (tertiary/aromatic N) is 1. The summed E-state index contributed by atoms with van der Waals surface area (Å²) in [6.07, 6.45) is -5.63. The molecule has 1 heterocycles. The SMILES string of the molecule is OC(c1cnco1)C(F)(F)F. The maximum Gasteiger partial charge on any atom is 0.421 e. The predicted octanol–water partition coefficient (Wildman–Crippen LogP) is 1.27. The monoisotopic (exact) mass is 167 g/mol. The first-order chi connectivity index (χ1) is 5.02. The molecule has 1 aromatic rings. The largest absolute Gasteiger partial charge is 0.445 e. The van der Waals surface area contributed by atoms with Crippen LogP contribution in [0.25, 0.3) is 0 Å². The molecule has 62 valence electrons. The maximum absolute atomic E-state index is 11.7. The fourth-order valence-electron chi connectivity index (χ4n) is 0.522. The summed E-state index contributed by atoms with van der Waals surface area (Å²) < 4.78 is 39.3. The summed E-state index contributed by atoms with van der Waals surface area (Å²) >= 11 is 0. The normalized spacial score (nSPS) is 14.9. The van der Waals surface area contributed by atoms with Crippen LogP contribution in [0.2, 0.25) is 0 Å². The van der Waals surface area contributed by atoms with E-state index in [2.05, 4.69) is 9.40 Å². The fraction of sp³-hybridized carbons (Fsp3) is 0.400. The minimum absolute atomic E-state index is 0.600. The Balaban J connectivity index is 2.78. The zero-order valence-electron chi connectivity index (χ0n) is 5.17. The van der Waals surface area contributed by atoms with Crippen molar-refractivity contribution in [2.24, 2.45) is 0 Å². The molecule has 11 heavy (non-hydrogen) atoms. The van der Waals surface area contributed by atoms with Crippen LogP contribution >= 0.6 is 0 Å². The Morgan fingerprint density at radius 3 is 2.55 bits per heavy atom. The van der Waals surface area contributed by atoms with Gasteiger partial charge in [0, 0.05) is 0 Å². The summed E-state index contributed by atoms with van der Waals surface area (Å²) in [5.41, 5.74) is 0. The first-order valence-electron chi connectivity index (χ1n) is 2.65. The molecule has 1 aromatic heterocycles. The van der Waals surface area contributed by atoms with Gasteiger partial charge < -0.3 is 9.52 Å². The standard InChI is InChI=1S/C5H4F3NO2/c6-5(7,8)4(10)3-1-9-2-11-3/h1-2,4,10H. The van der Waals surface area contributed by atoms with E-state index < -0.39 is 18.0 Å². The minimum Gasteiger partial charge on any atom is -0.445 e. The molecule has 0 spiro atoms. The number of hydrogen-bond donors (Lipinski definition) is 1. The van der Waals surface area contributed by atoms with E-state index in [0.717, 1.165) is 12.6 Å². The van der Waals surface area contributed by atoms with Gasteiger partial charge in [0.1, 0.15) is 0 Å². The van der Waals surface area contributed by atoms with Gasteiger partial charge in [0.25, 0.3) is 0 Å². The van der Waals surface area contributed by atoms with Crippen LogP contribution in [0.1, 0.15) is 11.9 Å². The summed E-state index contributed by atoms with van der Waals surface area (Å²) in [5.74, 6) is -0.600. The van der Waals surface area contributed by atoms with Crippen molar-refractivity contribution in [1.29, 1.82) is 0 Å². The van der Waals surface area contributed by atoms with Crippen LogP contribution in [0, 0.1) is 0 Å². The number of halogens is 3. The summed E-state index contributed by atoms with van der Waals surface area (Å²) in [7, 11) is 0. The molecular formula is C5H4F3NO2. The third-order valence-electron chi connectivity index (χ3n) is 1.03. The zero-order chi connectivity index (χ0) is 8.48. The Morgan fingerprint density at radius 1 is 1.55 bits per heavy atom. The van der Waals surface area contributed by atoms with Gasteiger partial charge in [-0.05, 0) is 0 Å². The predicted molar refractivity (Wildman–Crippen MR) is 27.5 cm³/mol. The highest BCUT2D eigenvalue weighted by atomic mass is 19.4. The number of oxazole rings is 1. The van der Waals surface area contributed by atoms with E-state index in [1.54, 1.807) is 0 Å². The number of alkyl halides is 3. The summed E-state index contributed by atoms with van der Waals surface area (Å²) in [4.78, 5) is 3.23. The van der Waals surface area contributed by atoms with E-state index in [-0.39, 0.29) is 0 Å². The lowest BCUT2D eigenvalue weighted by Crippen LogP contribution is -2.19. The van der Waals surface area contributed by atoms with Crippen molar-refractivity contribution in [3.05, 3.63) is 18.4 Å². The lowest BCUT2D eigenvalue weighted by molar-refractivity contribution is -0.211. The third kappa shape index (κ3) is 1.70. The molecule has 0 amide bonds. The molecule has 3 nitrogen and oxygen atoms in total. The molecule has 0 bridgehead atoms. The van der Waals surface area contributed by atoms with Crippen molar-refractivity contribution in [2.75, 3.05) is 0 Å². The molecule has 1 atom stereocenters. The Bertz CT molecular complexity index is 218. The van der Waals surface area contributed by atoms with Gasteiger partial charge in [-0.2, -0.15) is 13.2 Å². The van der Waals surface area contributed by atoms with Crippen molar-refractivity contribution in [1.82, 2.24) is 4.98 Å². The topological polar surface area (TPSA) is 46.3 Å². The van der Waals surface area contributed by atoms with E-state index in [0.29, 0.717) is 0 Å². The zero-order valence-corrected chi connectivity index (χ0v) is 5.17. The van der Waals surface area contributed by atoms with Gasteiger partial charge in [-0.3, -0.25) is 0 Å². The number of aliphatic hydroxyl groups excluding tert-OH is 1. The Labute approximate surface area is 59.5 Å². The molecule has 0 aromatic carbocycles. The highest BCUT2D eigenvalue weighted by Crippen LogP contribution is 2.31. The van der Waals surface area contributed by atoms with Crippen molar-refractivity contribution < 1.29 is 22.7 Å². The second-order valence-corrected chi connectivity index (χ2v) is 1.85. The van der Waals surface area contributed by atoms with Gasteiger partial charge >= 0.3 is 6.18 Å². The van der Waals surface area contributed by atoms with E-state index in [1.165, 1.54) is 0 Å². The molecule has 1 N–H and O–H groups in total. The van der Waals surface area contributed by atoms with E-state index >= 15 is 0 Å². The molecule has 6 heteroatoms. The van der Waals surface area contributed by atoms with Crippen molar-refractivity contribution >= 4 is 0 Å². The van der Waals surface area contributed by atoms with E-state index in [9.17, 15) is 13.2 Å². The van der Waals surface area contributed by atoms with Gasteiger partial charge in [-0.15, -0.1) is 0 Å². The van der Waals surface area contributed by atoms with Crippen LogP contribution in [0.4, 0.5) is 13.2 Å². The van der Waals surface area contributed by atoms with Crippen LogP contribution in [0.5, 0.6) is 0 Å². The first kappa shape index (κ1) is 8.06. The molecule has 0 aliphatic carbocycles. The molecule has 0 fully saturated rings. The molecule has 0 radical (unpaired) electrons. The minimum atomic E-state index is -4.69. The van der Waals surface area contributed by atoms with Gasteiger partial charge in [-0.1, -0.05) is 0 Å². The highest BCUT2D eigenvalue weighted by molar-refractivity contribution is 4.96. The maximum atomic E-state index is 11.7. The Hall–Kier alpha value is -1.04. The summed E-state index contributed by atoms with van der Waals surface area (Å²) in [5, 5.41) is 8.49. The quantitative estimate of drug-likeness (QED) is 0.685. The molecule has 0 aliphatic rings. The third-order valence-corrected chi connectivity index (χ3v) is 1.03. The van der Waals surface area contributed by atoms with E-state index in [1.807, 2.05) is 0 Å². The lowest BCUT2D eigenvalue weighted by Gasteiger charge is -2.10. The van der Waals surface area contributed by atoms with Gasteiger partial charge in [0.2, 0.25) is 6.10 Å². The second-order valence-electron chi connectivity index (χ2n) is 1.85. The molecule has 1 rings (SSSR count). The average Bonchev–Trinajstić information content (AvgIpc) is 2.34. The van der Waals surface area contributed by atoms with Crippen LogP contribution in [0.15, 0.2) is 17.0 Å². The molecule has 0 saturated heterocycles. The number of aliphatic hydroxyl groups is 1. The summed E-state index contributed by atoms with van der Waals surface area (Å²) in [6, 6.07) is 0. The van der Waals surface area contributed by atoms with Crippen LogP contribution in [-0.2, 0) is 0 Å².